The minimum Gasteiger partial charge on any atom is -0.272 e. The molecule has 2 rings (SSSR count). The summed E-state index contributed by atoms with van der Waals surface area (Å²) in [6.45, 7) is 3.10. The van der Waals surface area contributed by atoms with E-state index in [4.69, 9.17) is 11.6 Å². The molecule has 0 saturated heterocycles. The van der Waals surface area contributed by atoms with Gasteiger partial charge in [0.1, 0.15) is 0 Å². The highest BCUT2D eigenvalue weighted by Crippen LogP contribution is 2.27. The summed E-state index contributed by atoms with van der Waals surface area (Å²) in [5.74, 6) is 1.44. The lowest BCUT2D eigenvalue weighted by Crippen LogP contribution is -2.18. The minimum absolute atomic E-state index is 0.580. The van der Waals surface area contributed by atoms with Gasteiger partial charge < -0.3 is 0 Å². The highest BCUT2D eigenvalue weighted by atomic mass is 35.5. The Morgan fingerprint density at radius 1 is 1.62 bits per heavy atom. The average Bonchev–Trinajstić information content (AvgIpc) is 2.39. The summed E-state index contributed by atoms with van der Waals surface area (Å²) >= 11 is 5.78. The molecule has 13 heavy (non-hydrogen) atoms. The number of rotatable bonds is 3. The van der Waals surface area contributed by atoms with Gasteiger partial charge >= 0.3 is 0 Å². The van der Waals surface area contributed by atoms with Crippen LogP contribution in [0.1, 0.15) is 30.5 Å². The van der Waals surface area contributed by atoms with Crippen LogP contribution in [-0.2, 0) is 12.4 Å². The molecule has 1 heterocycles. The van der Waals surface area contributed by atoms with Gasteiger partial charge in [0, 0.05) is 18.3 Å². The Morgan fingerprint density at radius 3 is 2.85 bits per heavy atom. The van der Waals surface area contributed by atoms with E-state index in [1.54, 1.807) is 0 Å². The first-order valence-electron chi connectivity index (χ1n) is 4.88. The van der Waals surface area contributed by atoms with Crippen LogP contribution in [0, 0.1) is 12.8 Å². The van der Waals surface area contributed by atoms with Crippen molar-refractivity contribution in [3.8, 4) is 0 Å². The van der Waals surface area contributed by atoms with E-state index in [-0.39, 0.29) is 0 Å². The van der Waals surface area contributed by atoms with E-state index in [1.807, 2.05) is 6.92 Å². The van der Waals surface area contributed by atoms with E-state index in [1.165, 1.54) is 24.8 Å². The molecule has 0 aromatic carbocycles. The van der Waals surface area contributed by atoms with Crippen molar-refractivity contribution in [3.05, 3.63) is 17.5 Å². The Balaban J connectivity index is 2.03. The van der Waals surface area contributed by atoms with Gasteiger partial charge in [-0.2, -0.15) is 5.10 Å². The first kappa shape index (κ1) is 9.07. The molecule has 0 unspecified atom stereocenters. The molecule has 2 nitrogen and oxygen atoms in total. The lowest BCUT2D eigenvalue weighted by Gasteiger charge is -2.24. The van der Waals surface area contributed by atoms with Gasteiger partial charge in [-0.25, -0.2) is 0 Å². The summed E-state index contributed by atoms with van der Waals surface area (Å²) in [7, 11) is 0. The molecule has 0 atom stereocenters. The maximum atomic E-state index is 5.78. The fourth-order valence-electron chi connectivity index (χ4n) is 1.72. The number of aryl methyl sites for hydroxylation is 1. The van der Waals surface area contributed by atoms with Crippen LogP contribution in [0.5, 0.6) is 0 Å². The zero-order valence-electron chi connectivity index (χ0n) is 7.96. The van der Waals surface area contributed by atoms with E-state index in [0.717, 1.165) is 18.2 Å². The van der Waals surface area contributed by atoms with E-state index >= 15 is 0 Å². The molecule has 0 bridgehead atoms. The van der Waals surface area contributed by atoms with Gasteiger partial charge in [0.25, 0.3) is 0 Å². The van der Waals surface area contributed by atoms with Gasteiger partial charge in [0.15, 0.2) is 0 Å². The molecule has 1 saturated carbocycles. The van der Waals surface area contributed by atoms with Crippen molar-refractivity contribution in [1.82, 2.24) is 9.78 Å². The first-order chi connectivity index (χ1) is 6.29. The fraction of sp³-hybridized carbons (Fsp3) is 0.700. The maximum Gasteiger partial charge on any atom is 0.0637 e. The second-order valence-corrected chi connectivity index (χ2v) is 4.16. The number of nitrogens with zero attached hydrogens (tertiary/aromatic N) is 2. The van der Waals surface area contributed by atoms with Crippen LogP contribution in [-0.4, -0.2) is 9.78 Å². The van der Waals surface area contributed by atoms with Gasteiger partial charge in [-0.15, -0.1) is 11.6 Å². The summed E-state index contributed by atoms with van der Waals surface area (Å²) < 4.78 is 2.05. The van der Waals surface area contributed by atoms with Gasteiger partial charge in [0.2, 0.25) is 0 Å². The summed E-state index contributed by atoms with van der Waals surface area (Å²) in [5, 5.41) is 4.44. The molecule has 1 fully saturated rings. The van der Waals surface area contributed by atoms with Crippen molar-refractivity contribution in [1.29, 1.82) is 0 Å². The Labute approximate surface area is 83.9 Å². The monoisotopic (exact) mass is 198 g/mol. The second-order valence-electron chi connectivity index (χ2n) is 3.89. The van der Waals surface area contributed by atoms with Crippen molar-refractivity contribution < 1.29 is 0 Å². The Kier molecular flexibility index (Phi) is 2.58. The molecule has 0 spiro atoms. The Hall–Kier alpha value is -0.500. The molecular weight excluding hydrogens is 184 g/mol. The zero-order valence-corrected chi connectivity index (χ0v) is 8.72. The number of hydrogen-bond acceptors (Lipinski definition) is 1. The number of aromatic nitrogens is 2. The summed E-state index contributed by atoms with van der Waals surface area (Å²) in [6.07, 6.45) is 6.22. The van der Waals surface area contributed by atoms with Crippen molar-refractivity contribution in [3.63, 3.8) is 0 Å². The Morgan fingerprint density at radius 2 is 2.38 bits per heavy atom. The predicted octanol–water partition coefficient (Wildman–Crippen LogP) is 2.73. The second kappa shape index (κ2) is 3.70. The number of halogens is 1. The topological polar surface area (TPSA) is 17.8 Å². The van der Waals surface area contributed by atoms with E-state index in [2.05, 4.69) is 16.0 Å². The zero-order chi connectivity index (χ0) is 9.26. The largest absolute Gasteiger partial charge is 0.272 e. The van der Waals surface area contributed by atoms with Crippen molar-refractivity contribution in [2.75, 3.05) is 0 Å². The van der Waals surface area contributed by atoms with Gasteiger partial charge in [-0.3, -0.25) is 4.68 Å². The third-order valence-corrected chi connectivity index (χ3v) is 3.15. The molecule has 0 N–H and O–H groups in total. The van der Waals surface area contributed by atoms with Crippen LogP contribution in [0.3, 0.4) is 0 Å². The van der Waals surface area contributed by atoms with Crippen LogP contribution in [0.15, 0.2) is 6.20 Å². The third kappa shape index (κ3) is 1.88. The normalized spacial score (nSPS) is 17.4. The number of hydrogen-bond donors (Lipinski definition) is 0. The molecule has 0 radical (unpaired) electrons. The minimum atomic E-state index is 0.580. The lowest BCUT2D eigenvalue weighted by molar-refractivity contribution is 0.266. The van der Waals surface area contributed by atoms with Gasteiger partial charge in [-0.1, -0.05) is 6.42 Å². The molecule has 1 aliphatic rings. The van der Waals surface area contributed by atoms with Crippen molar-refractivity contribution >= 4 is 11.6 Å². The maximum absolute atomic E-state index is 5.78. The molecule has 1 aromatic rings. The van der Waals surface area contributed by atoms with Crippen LogP contribution < -0.4 is 0 Å². The number of alkyl halides is 1. The standard InChI is InChI=1S/C10H15ClN2/c1-8-10(5-11)7-13(12-8)6-9-3-2-4-9/h7,9H,2-6H2,1H3. The molecule has 0 aliphatic heterocycles. The summed E-state index contributed by atoms with van der Waals surface area (Å²) in [6, 6.07) is 0. The third-order valence-electron chi connectivity index (χ3n) is 2.86. The van der Waals surface area contributed by atoms with E-state index < -0.39 is 0 Å². The van der Waals surface area contributed by atoms with Crippen molar-refractivity contribution in [2.45, 2.75) is 38.6 Å². The van der Waals surface area contributed by atoms with Crippen LogP contribution in [0.4, 0.5) is 0 Å². The molecular formula is C10H15ClN2. The first-order valence-corrected chi connectivity index (χ1v) is 5.42. The van der Waals surface area contributed by atoms with Crippen LogP contribution in [0.25, 0.3) is 0 Å². The predicted molar refractivity (Wildman–Crippen MR) is 53.9 cm³/mol. The summed E-state index contributed by atoms with van der Waals surface area (Å²) in [4.78, 5) is 0. The van der Waals surface area contributed by atoms with E-state index in [9.17, 15) is 0 Å². The molecule has 72 valence electrons. The Bertz CT molecular complexity index is 289. The van der Waals surface area contributed by atoms with Gasteiger partial charge in [0.05, 0.1) is 11.6 Å². The lowest BCUT2D eigenvalue weighted by atomic mass is 9.85. The quantitative estimate of drug-likeness (QED) is 0.683. The summed E-state index contributed by atoms with van der Waals surface area (Å²) in [5.41, 5.74) is 2.25. The highest BCUT2D eigenvalue weighted by molar-refractivity contribution is 6.17. The highest BCUT2D eigenvalue weighted by Gasteiger charge is 2.18. The smallest absolute Gasteiger partial charge is 0.0637 e. The van der Waals surface area contributed by atoms with E-state index in [0.29, 0.717) is 5.88 Å². The fourth-order valence-corrected chi connectivity index (χ4v) is 1.99. The average molecular weight is 199 g/mol. The van der Waals surface area contributed by atoms with Crippen molar-refractivity contribution in [2.24, 2.45) is 5.92 Å². The molecule has 1 aliphatic carbocycles. The van der Waals surface area contributed by atoms with Crippen LogP contribution >= 0.6 is 11.6 Å². The SMILES string of the molecule is Cc1nn(CC2CCC2)cc1CCl. The molecule has 3 heteroatoms. The molecule has 0 amide bonds. The molecule has 1 aromatic heterocycles. The van der Waals surface area contributed by atoms with Crippen LogP contribution in [0.2, 0.25) is 0 Å². The van der Waals surface area contributed by atoms with Gasteiger partial charge in [-0.05, 0) is 25.7 Å².